The van der Waals surface area contributed by atoms with Gasteiger partial charge in [-0.3, -0.25) is 9.41 Å². The van der Waals surface area contributed by atoms with Gasteiger partial charge >= 0.3 is 0 Å². The number of halogens is 2. The van der Waals surface area contributed by atoms with Gasteiger partial charge in [-0.2, -0.15) is 0 Å². The molecule has 0 bridgehead atoms. The molecule has 1 aromatic rings. The van der Waals surface area contributed by atoms with Gasteiger partial charge in [0.2, 0.25) is 0 Å². The highest BCUT2D eigenvalue weighted by Crippen LogP contribution is 2.02. The van der Waals surface area contributed by atoms with Crippen molar-refractivity contribution in [1.29, 1.82) is 0 Å². The molecule has 1 aromatic carbocycles. The highest BCUT2D eigenvalue weighted by Gasteiger charge is 1.83. The molecular weight excluding hydrogens is 134 g/mol. The summed E-state index contributed by atoms with van der Waals surface area (Å²) in [4.78, 5) is 0. The summed E-state index contributed by atoms with van der Waals surface area (Å²) in [6.45, 7) is 4.24. The van der Waals surface area contributed by atoms with E-state index in [1.54, 1.807) is 0 Å². The van der Waals surface area contributed by atoms with Crippen LogP contribution in [0.25, 0.3) is 0 Å². The van der Waals surface area contributed by atoms with E-state index < -0.39 is 0 Å². The van der Waals surface area contributed by atoms with E-state index in [-0.39, 0.29) is 9.41 Å². The summed E-state index contributed by atoms with van der Waals surface area (Å²) < 4.78 is 0. The molecule has 0 aliphatic rings. The average Bonchev–Trinajstić information content (AvgIpc) is 1.77. The van der Waals surface area contributed by atoms with E-state index in [9.17, 15) is 0 Å². The van der Waals surface area contributed by atoms with Crippen LogP contribution in [-0.4, -0.2) is 0 Å². The van der Waals surface area contributed by atoms with Gasteiger partial charge in [0.15, 0.2) is 0 Å². The van der Waals surface area contributed by atoms with Crippen molar-refractivity contribution in [3.05, 3.63) is 35.4 Å². The Hall–Kier alpha value is -0.920. The lowest BCUT2D eigenvalue weighted by Gasteiger charge is -1.93. The Bertz CT molecular complexity index is 163. The van der Waals surface area contributed by atoms with Crippen molar-refractivity contribution in [2.75, 3.05) is 0 Å². The second-order valence-electron chi connectivity index (χ2n) is 2.08. The second-order valence-corrected chi connectivity index (χ2v) is 2.08. The van der Waals surface area contributed by atoms with Crippen molar-refractivity contribution in [3.63, 3.8) is 0 Å². The van der Waals surface area contributed by atoms with Gasteiger partial charge in [-0.05, 0) is 25.0 Å². The van der Waals surface area contributed by atoms with Crippen LogP contribution in [0.3, 0.4) is 0 Å². The highest BCUT2D eigenvalue weighted by atomic mass is 19.0. The first-order valence-electron chi connectivity index (χ1n) is 2.83. The average molecular weight is 146 g/mol. The minimum atomic E-state index is 0. The Morgan fingerprint density at radius 3 is 1.30 bits per heavy atom. The molecule has 1 rings (SSSR count). The molecule has 0 aliphatic heterocycles. The van der Waals surface area contributed by atoms with E-state index in [1.807, 2.05) is 0 Å². The van der Waals surface area contributed by atoms with Crippen molar-refractivity contribution >= 4 is 0 Å². The minimum absolute atomic E-state index is 0. The Kier molecular flexibility index (Phi) is 5.81. The summed E-state index contributed by atoms with van der Waals surface area (Å²) in [6.07, 6.45) is 0. The minimum Gasteiger partial charge on any atom is -0.269 e. The molecule has 0 saturated carbocycles. The van der Waals surface area contributed by atoms with Crippen LogP contribution < -0.4 is 0 Å². The van der Waals surface area contributed by atoms with Gasteiger partial charge in [-0.25, -0.2) is 0 Å². The monoisotopic (exact) mass is 146 g/mol. The van der Waals surface area contributed by atoms with Crippen molar-refractivity contribution in [2.45, 2.75) is 13.8 Å². The van der Waals surface area contributed by atoms with E-state index in [2.05, 4.69) is 38.1 Å². The van der Waals surface area contributed by atoms with Crippen molar-refractivity contribution in [2.24, 2.45) is 0 Å². The molecular formula is C8H12F2. The van der Waals surface area contributed by atoms with Gasteiger partial charge in [-0.1, -0.05) is 24.3 Å². The number of rotatable bonds is 0. The van der Waals surface area contributed by atoms with Crippen LogP contribution in [-0.2, 0) is 0 Å². The standard InChI is InChI=1S/C8H10.2FH/c1-7-5-3-4-6-8(7)2;;/h3-6H,1-2H3;2*1H. The van der Waals surface area contributed by atoms with Crippen molar-refractivity contribution < 1.29 is 9.41 Å². The van der Waals surface area contributed by atoms with Crippen molar-refractivity contribution in [3.8, 4) is 0 Å². The van der Waals surface area contributed by atoms with Gasteiger partial charge < -0.3 is 0 Å². The lowest BCUT2D eigenvalue weighted by Crippen LogP contribution is -1.74. The zero-order valence-corrected chi connectivity index (χ0v) is 6.13. The highest BCUT2D eigenvalue weighted by molar-refractivity contribution is 5.23. The maximum absolute atomic E-state index is 2.12. The Labute approximate surface area is 59.6 Å². The third-order valence-corrected chi connectivity index (χ3v) is 1.43. The third kappa shape index (κ3) is 2.58. The summed E-state index contributed by atoms with van der Waals surface area (Å²) in [5, 5.41) is 0. The fraction of sp³-hybridized carbons (Fsp3) is 0.250. The van der Waals surface area contributed by atoms with Gasteiger partial charge in [-0.15, -0.1) is 0 Å². The van der Waals surface area contributed by atoms with E-state index >= 15 is 0 Å². The lowest BCUT2D eigenvalue weighted by molar-refractivity contribution is 1.11. The van der Waals surface area contributed by atoms with Crippen LogP contribution in [0.4, 0.5) is 9.41 Å². The van der Waals surface area contributed by atoms with Gasteiger partial charge in [0.05, 0.1) is 0 Å². The Balaban J connectivity index is 0. The maximum Gasteiger partial charge on any atom is -0.0395 e. The maximum atomic E-state index is 2.12. The second kappa shape index (κ2) is 4.91. The fourth-order valence-electron chi connectivity index (χ4n) is 0.663. The smallest absolute Gasteiger partial charge is 0.0395 e. The number of hydrogen-bond acceptors (Lipinski definition) is 0. The molecule has 0 unspecified atom stereocenters. The molecule has 0 spiro atoms. The van der Waals surface area contributed by atoms with Crippen LogP contribution in [0.5, 0.6) is 0 Å². The topological polar surface area (TPSA) is 0 Å². The fourth-order valence-corrected chi connectivity index (χ4v) is 0.663. The zero-order valence-electron chi connectivity index (χ0n) is 6.13. The summed E-state index contributed by atoms with van der Waals surface area (Å²) in [7, 11) is 0. The summed E-state index contributed by atoms with van der Waals surface area (Å²) in [5.74, 6) is 0. The normalized spacial score (nSPS) is 7.40. The summed E-state index contributed by atoms with van der Waals surface area (Å²) in [5.41, 5.74) is 2.74. The Morgan fingerprint density at radius 2 is 1.10 bits per heavy atom. The molecule has 0 atom stereocenters. The molecule has 0 amide bonds. The van der Waals surface area contributed by atoms with Crippen molar-refractivity contribution in [1.82, 2.24) is 0 Å². The quantitative estimate of drug-likeness (QED) is 0.527. The van der Waals surface area contributed by atoms with Crippen LogP contribution in [0, 0.1) is 13.8 Å². The van der Waals surface area contributed by atoms with E-state index in [0.29, 0.717) is 0 Å². The predicted octanol–water partition coefficient (Wildman–Crippen LogP) is 2.61. The number of benzene rings is 1. The van der Waals surface area contributed by atoms with Crippen LogP contribution in [0.15, 0.2) is 24.3 Å². The molecule has 2 heteroatoms. The van der Waals surface area contributed by atoms with E-state index in [1.165, 1.54) is 11.1 Å². The molecule has 0 aromatic heterocycles. The van der Waals surface area contributed by atoms with Gasteiger partial charge in [0.1, 0.15) is 0 Å². The van der Waals surface area contributed by atoms with Gasteiger partial charge in [0, 0.05) is 0 Å². The first kappa shape index (κ1) is 11.8. The van der Waals surface area contributed by atoms with E-state index in [4.69, 9.17) is 0 Å². The SMILES string of the molecule is Cc1ccccc1C.F.F. The first-order chi connectivity index (χ1) is 3.80. The molecule has 0 nitrogen and oxygen atoms in total. The van der Waals surface area contributed by atoms with Crippen LogP contribution in [0.1, 0.15) is 11.1 Å². The molecule has 58 valence electrons. The van der Waals surface area contributed by atoms with E-state index in [0.717, 1.165) is 0 Å². The molecule has 10 heavy (non-hydrogen) atoms. The molecule has 0 N–H and O–H groups in total. The number of hydrogen-bond donors (Lipinski definition) is 0. The largest absolute Gasteiger partial charge is 0.269 e. The first-order valence-corrected chi connectivity index (χ1v) is 2.83. The molecule has 0 radical (unpaired) electrons. The Morgan fingerprint density at radius 1 is 0.800 bits per heavy atom. The third-order valence-electron chi connectivity index (χ3n) is 1.43. The molecule has 0 heterocycles. The summed E-state index contributed by atoms with van der Waals surface area (Å²) in [6, 6.07) is 8.36. The molecule has 0 saturated heterocycles. The lowest BCUT2D eigenvalue weighted by atomic mass is 10.1. The number of aryl methyl sites for hydroxylation is 2. The predicted molar refractivity (Wildman–Crippen MR) is 40.9 cm³/mol. The summed E-state index contributed by atoms with van der Waals surface area (Å²) >= 11 is 0. The van der Waals surface area contributed by atoms with Gasteiger partial charge in [0.25, 0.3) is 0 Å². The molecule has 0 fully saturated rings. The van der Waals surface area contributed by atoms with Crippen LogP contribution in [0.2, 0.25) is 0 Å². The van der Waals surface area contributed by atoms with Crippen LogP contribution >= 0.6 is 0 Å². The molecule has 0 aliphatic carbocycles. The zero-order chi connectivity index (χ0) is 5.98.